The van der Waals surface area contributed by atoms with Crippen LogP contribution in [0.5, 0.6) is 0 Å². The molecule has 0 fully saturated rings. The fourth-order valence-corrected chi connectivity index (χ4v) is 2.74. The fourth-order valence-electron chi connectivity index (χ4n) is 2.74. The normalized spacial score (nSPS) is 10.9. The lowest BCUT2D eigenvalue weighted by Gasteiger charge is -2.01. The van der Waals surface area contributed by atoms with Crippen LogP contribution < -0.4 is 0 Å². The maximum Gasteiger partial charge on any atom is 0.152 e. The number of hydrogen-bond acceptors (Lipinski definition) is 1. The number of carbonyl (C=O) groups excluding carboxylic acids is 1. The van der Waals surface area contributed by atoms with Gasteiger partial charge in [0.25, 0.3) is 0 Å². The van der Waals surface area contributed by atoms with Gasteiger partial charge >= 0.3 is 0 Å². The highest BCUT2D eigenvalue weighted by Crippen LogP contribution is 2.31. The molecule has 3 aromatic rings. The Kier molecular flexibility index (Phi) is 3.15. The van der Waals surface area contributed by atoms with E-state index in [9.17, 15) is 4.79 Å². The second kappa shape index (κ2) is 4.97. The van der Waals surface area contributed by atoms with E-state index in [0.717, 1.165) is 40.4 Å². The monoisotopic (exact) mass is 263 g/mol. The number of aldehydes is 1. The first-order chi connectivity index (χ1) is 9.74. The minimum Gasteiger partial charge on any atom is -0.354 e. The molecule has 0 bridgehead atoms. The molecule has 0 unspecified atom stereocenters. The van der Waals surface area contributed by atoms with E-state index in [1.54, 1.807) is 0 Å². The number of carbonyl (C=O) groups is 1. The summed E-state index contributed by atoms with van der Waals surface area (Å²) in [5, 5.41) is 1.01. The molecular weight excluding hydrogens is 246 g/mol. The molecule has 0 spiro atoms. The molecule has 2 aromatic carbocycles. The Morgan fingerprint density at radius 3 is 2.65 bits per heavy atom. The van der Waals surface area contributed by atoms with Crippen molar-refractivity contribution in [1.29, 1.82) is 0 Å². The van der Waals surface area contributed by atoms with Crippen molar-refractivity contribution >= 4 is 17.2 Å². The van der Waals surface area contributed by atoms with Gasteiger partial charge in [0.05, 0.1) is 5.69 Å². The maximum atomic E-state index is 11.5. The lowest BCUT2D eigenvalue weighted by atomic mass is 10.0. The third-order valence-electron chi connectivity index (χ3n) is 3.77. The summed E-state index contributed by atoms with van der Waals surface area (Å²) in [6, 6.07) is 14.3. The summed E-state index contributed by atoms with van der Waals surface area (Å²) in [5.41, 5.74) is 6.23. The molecule has 0 atom stereocenters. The van der Waals surface area contributed by atoms with Crippen molar-refractivity contribution in [2.24, 2.45) is 0 Å². The number of aromatic amines is 1. The van der Waals surface area contributed by atoms with Gasteiger partial charge in [-0.1, -0.05) is 48.9 Å². The van der Waals surface area contributed by atoms with Crippen LogP contribution in [0, 0.1) is 6.92 Å². The van der Waals surface area contributed by atoms with Gasteiger partial charge in [-0.15, -0.1) is 0 Å². The van der Waals surface area contributed by atoms with E-state index in [1.165, 1.54) is 11.1 Å². The van der Waals surface area contributed by atoms with Gasteiger partial charge in [0.2, 0.25) is 0 Å². The molecule has 0 aliphatic heterocycles. The summed E-state index contributed by atoms with van der Waals surface area (Å²) in [7, 11) is 0. The average molecular weight is 263 g/mol. The van der Waals surface area contributed by atoms with Gasteiger partial charge in [0.1, 0.15) is 0 Å². The molecule has 1 heterocycles. The summed E-state index contributed by atoms with van der Waals surface area (Å²) >= 11 is 0. The van der Waals surface area contributed by atoms with Crippen molar-refractivity contribution < 1.29 is 4.79 Å². The highest BCUT2D eigenvalue weighted by molar-refractivity contribution is 6.05. The van der Waals surface area contributed by atoms with Gasteiger partial charge in [-0.3, -0.25) is 4.79 Å². The summed E-state index contributed by atoms with van der Waals surface area (Å²) in [6.07, 6.45) is 1.90. The van der Waals surface area contributed by atoms with Crippen molar-refractivity contribution in [3.63, 3.8) is 0 Å². The number of H-pyrrole nitrogens is 1. The molecule has 0 saturated heterocycles. The molecule has 3 rings (SSSR count). The maximum absolute atomic E-state index is 11.5. The lowest BCUT2D eigenvalue weighted by molar-refractivity contribution is 0.112. The topological polar surface area (TPSA) is 32.9 Å². The second-order valence-corrected chi connectivity index (χ2v) is 5.09. The zero-order chi connectivity index (χ0) is 14.1. The van der Waals surface area contributed by atoms with Crippen LogP contribution in [0.3, 0.4) is 0 Å². The van der Waals surface area contributed by atoms with Gasteiger partial charge in [-0.2, -0.15) is 0 Å². The van der Waals surface area contributed by atoms with Gasteiger partial charge in [-0.25, -0.2) is 0 Å². The third-order valence-corrected chi connectivity index (χ3v) is 3.77. The van der Waals surface area contributed by atoms with Crippen molar-refractivity contribution in [1.82, 2.24) is 4.98 Å². The number of benzene rings is 2. The average Bonchev–Trinajstić information content (AvgIpc) is 2.85. The molecule has 2 nitrogen and oxygen atoms in total. The van der Waals surface area contributed by atoms with E-state index in [2.05, 4.69) is 37.0 Å². The van der Waals surface area contributed by atoms with Crippen LogP contribution in [0.2, 0.25) is 0 Å². The summed E-state index contributed by atoms with van der Waals surface area (Å²) in [4.78, 5) is 15.0. The van der Waals surface area contributed by atoms with Crippen LogP contribution in [0.4, 0.5) is 0 Å². The Morgan fingerprint density at radius 2 is 1.95 bits per heavy atom. The van der Waals surface area contributed by atoms with Gasteiger partial charge in [0, 0.05) is 16.5 Å². The Balaban J connectivity index is 2.33. The molecule has 0 amide bonds. The predicted octanol–water partition coefficient (Wildman–Crippen LogP) is 4.52. The molecule has 0 aliphatic rings. The number of aryl methyl sites for hydroxylation is 2. The van der Waals surface area contributed by atoms with Crippen LogP contribution in [0.15, 0.2) is 42.5 Å². The van der Waals surface area contributed by atoms with Crippen LogP contribution in [0.25, 0.3) is 22.2 Å². The first-order valence-corrected chi connectivity index (χ1v) is 6.90. The molecule has 2 heteroatoms. The minimum absolute atomic E-state index is 0.751. The zero-order valence-electron chi connectivity index (χ0n) is 11.7. The minimum atomic E-state index is 0.751. The Morgan fingerprint density at radius 1 is 1.15 bits per heavy atom. The summed E-state index contributed by atoms with van der Waals surface area (Å²) in [5.74, 6) is 0. The van der Waals surface area contributed by atoms with Crippen molar-refractivity contribution in [2.45, 2.75) is 20.3 Å². The number of para-hydroxylation sites is 1. The smallest absolute Gasteiger partial charge is 0.152 e. The molecular formula is C18H17NO. The highest BCUT2D eigenvalue weighted by Gasteiger charge is 2.14. The van der Waals surface area contributed by atoms with Crippen molar-refractivity contribution in [2.75, 3.05) is 0 Å². The molecule has 0 aliphatic carbocycles. The van der Waals surface area contributed by atoms with Crippen LogP contribution in [0.1, 0.15) is 28.4 Å². The van der Waals surface area contributed by atoms with E-state index in [1.807, 2.05) is 24.3 Å². The first kappa shape index (κ1) is 12.7. The number of rotatable bonds is 3. The largest absolute Gasteiger partial charge is 0.354 e. The Labute approximate surface area is 118 Å². The molecule has 0 saturated carbocycles. The van der Waals surface area contributed by atoms with E-state index in [0.29, 0.717) is 0 Å². The SMILES string of the molecule is CCc1cccc2c(C=O)c(-c3cccc(C)c3)[nH]c12. The second-order valence-electron chi connectivity index (χ2n) is 5.09. The number of hydrogen-bond donors (Lipinski definition) is 1. The third kappa shape index (κ3) is 1.94. The summed E-state index contributed by atoms with van der Waals surface area (Å²) in [6.45, 7) is 4.19. The Hall–Kier alpha value is -2.35. The van der Waals surface area contributed by atoms with Crippen LogP contribution in [-0.4, -0.2) is 11.3 Å². The van der Waals surface area contributed by atoms with E-state index < -0.39 is 0 Å². The molecule has 1 N–H and O–H groups in total. The first-order valence-electron chi connectivity index (χ1n) is 6.90. The van der Waals surface area contributed by atoms with Crippen LogP contribution >= 0.6 is 0 Å². The van der Waals surface area contributed by atoms with Gasteiger partial charge in [-0.05, 0) is 30.5 Å². The molecule has 0 radical (unpaired) electrons. The fraction of sp³-hybridized carbons (Fsp3) is 0.167. The molecule has 100 valence electrons. The number of nitrogens with one attached hydrogen (secondary N) is 1. The predicted molar refractivity (Wildman–Crippen MR) is 83.2 cm³/mol. The van der Waals surface area contributed by atoms with Gasteiger partial charge in [0.15, 0.2) is 6.29 Å². The summed E-state index contributed by atoms with van der Waals surface area (Å²) < 4.78 is 0. The van der Waals surface area contributed by atoms with Gasteiger partial charge < -0.3 is 4.98 Å². The quantitative estimate of drug-likeness (QED) is 0.692. The van der Waals surface area contributed by atoms with Crippen molar-refractivity contribution in [3.8, 4) is 11.3 Å². The van der Waals surface area contributed by atoms with E-state index in [-0.39, 0.29) is 0 Å². The molecule has 1 aromatic heterocycles. The number of aromatic nitrogens is 1. The number of fused-ring (bicyclic) bond motifs is 1. The lowest BCUT2D eigenvalue weighted by Crippen LogP contribution is -1.85. The van der Waals surface area contributed by atoms with E-state index >= 15 is 0 Å². The Bertz CT molecular complexity index is 783. The zero-order valence-corrected chi connectivity index (χ0v) is 11.7. The van der Waals surface area contributed by atoms with Crippen molar-refractivity contribution in [3.05, 3.63) is 59.2 Å². The van der Waals surface area contributed by atoms with E-state index in [4.69, 9.17) is 0 Å². The standard InChI is InChI=1S/C18H17NO/c1-3-13-7-5-9-15-16(11-20)18(19-17(13)15)14-8-4-6-12(2)10-14/h4-11,19H,3H2,1-2H3. The highest BCUT2D eigenvalue weighted by atomic mass is 16.1. The molecule has 20 heavy (non-hydrogen) atoms. The van der Waals surface area contributed by atoms with Crippen LogP contribution in [-0.2, 0) is 6.42 Å².